The van der Waals surface area contributed by atoms with Gasteiger partial charge in [0.15, 0.2) is 0 Å². The maximum absolute atomic E-state index is 3.62. The summed E-state index contributed by atoms with van der Waals surface area (Å²) in [4.78, 5) is 0. The quantitative estimate of drug-likeness (QED) is 0.310. The highest BCUT2D eigenvalue weighted by atomic mass is 79.9. The molecule has 0 N–H and O–H groups in total. The maximum atomic E-state index is 3.62. The molecular formula is C20H15Br2N. The van der Waals surface area contributed by atoms with Crippen LogP contribution in [0.3, 0.4) is 0 Å². The molecule has 3 heteroatoms. The fraction of sp³-hybridized carbons (Fsp3) is 0.100. The summed E-state index contributed by atoms with van der Waals surface area (Å²) in [6.07, 6.45) is 0. The number of hydrogen-bond acceptors (Lipinski definition) is 0. The van der Waals surface area contributed by atoms with Gasteiger partial charge in [0.2, 0.25) is 0 Å². The van der Waals surface area contributed by atoms with Crippen molar-refractivity contribution in [1.29, 1.82) is 0 Å². The highest BCUT2D eigenvalue weighted by Gasteiger charge is 2.13. The van der Waals surface area contributed by atoms with E-state index in [1.165, 1.54) is 38.6 Å². The Morgan fingerprint density at radius 2 is 1.13 bits per heavy atom. The number of rotatable bonds is 1. The normalized spacial score (nSPS) is 11.5. The molecule has 1 aromatic heterocycles. The van der Waals surface area contributed by atoms with Crippen molar-refractivity contribution in [2.45, 2.75) is 13.8 Å². The van der Waals surface area contributed by atoms with E-state index >= 15 is 0 Å². The summed E-state index contributed by atoms with van der Waals surface area (Å²) in [6, 6.07) is 19.7. The number of aromatic nitrogens is 1. The number of aryl methyl sites for hydroxylation is 2. The lowest BCUT2D eigenvalue weighted by Gasteiger charge is -2.10. The van der Waals surface area contributed by atoms with Gasteiger partial charge in [-0.3, -0.25) is 0 Å². The van der Waals surface area contributed by atoms with Crippen molar-refractivity contribution in [3.05, 3.63) is 74.7 Å². The lowest BCUT2D eigenvalue weighted by molar-refractivity contribution is 1.16. The van der Waals surface area contributed by atoms with Crippen molar-refractivity contribution in [3.63, 3.8) is 0 Å². The molecule has 0 amide bonds. The molecule has 1 nitrogen and oxygen atoms in total. The summed E-state index contributed by atoms with van der Waals surface area (Å²) in [6.45, 7) is 4.30. The van der Waals surface area contributed by atoms with Crippen LogP contribution in [0, 0.1) is 13.8 Å². The van der Waals surface area contributed by atoms with Crippen LogP contribution in [0.15, 0.2) is 63.5 Å². The molecule has 114 valence electrons. The number of hydrogen-bond donors (Lipinski definition) is 0. The molecule has 23 heavy (non-hydrogen) atoms. The molecule has 4 aromatic rings. The summed E-state index contributed by atoms with van der Waals surface area (Å²) < 4.78 is 4.54. The monoisotopic (exact) mass is 427 g/mol. The Morgan fingerprint density at radius 1 is 0.652 bits per heavy atom. The first-order valence-corrected chi connectivity index (χ1v) is 9.09. The number of halogens is 2. The van der Waals surface area contributed by atoms with Gasteiger partial charge in [0, 0.05) is 25.4 Å². The second kappa shape index (κ2) is 5.50. The van der Waals surface area contributed by atoms with Crippen molar-refractivity contribution < 1.29 is 0 Å². The highest BCUT2D eigenvalue weighted by molar-refractivity contribution is 9.10. The van der Waals surface area contributed by atoms with Gasteiger partial charge in [-0.2, -0.15) is 0 Å². The molecule has 0 spiro atoms. The molecule has 0 saturated heterocycles. The average Bonchev–Trinajstić information content (AvgIpc) is 2.78. The third-order valence-electron chi connectivity index (χ3n) is 4.16. The smallest absolute Gasteiger partial charge is 0.0552 e. The summed E-state index contributed by atoms with van der Waals surface area (Å²) >= 11 is 7.23. The van der Waals surface area contributed by atoms with E-state index < -0.39 is 0 Å². The first kappa shape index (κ1) is 15.0. The van der Waals surface area contributed by atoms with Crippen LogP contribution in [0.4, 0.5) is 0 Å². The van der Waals surface area contributed by atoms with Crippen molar-refractivity contribution >= 4 is 53.7 Å². The molecule has 0 saturated carbocycles. The van der Waals surface area contributed by atoms with E-state index in [9.17, 15) is 0 Å². The zero-order valence-electron chi connectivity index (χ0n) is 12.9. The van der Waals surface area contributed by atoms with Crippen LogP contribution in [0.25, 0.3) is 27.5 Å². The van der Waals surface area contributed by atoms with E-state index in [-0.39, 0.29) is 0 Å². The molecule has 0 atom stereocenters. The van der Waals surface area contributed by atoms with Crippen LogP contribution < -0.4 is 0 Å². The van der Waals surface area contributed by atoms with Crippen molar-refractivity contribution in [2.24, 2.45) is 0 Å². The van der Waals surface area contributed by atoms with E-state index in [4.69, 9.17) is 0 Å². The molecule has 0 radical (unpaired) electrons. The molecular weight excluding hydrogens is 414 g/mol. The van der Waals surface area contributed by atoms with Gasteiger partial charge in [-0.15, -0.1) is 0 Å². The second-order valence-corrected chi connectivity index (χ2v) is 7.84. The molecule has 4 rings (SSSR count). The Hall–Kier alpha value is -1.58. The summed E-state index contributed by atoms with van der Waals surface area (Å²) in [5.41, 5.74) is 6.20. The van der Waals surface area contributed by atoms with E-state index in [0.29, 0.717) is 0 Å². The van der Waals surface area contributed by atoms with Gasteiger partial charge < -0.3 is 4.57 Å². The van der Waals surface area contributed by atoms with Crippen molar-refractivity contribution in [3.8, 4) is 5.69 Å². The van der Waals surface area contributed by atoms with Gasteiger partial charge in [0.05, 0.1) is 11.0 Å². The summed E-state index contributed by atoms with van der Waals surface area (Å²) in [5.74, 6) is 0. The molecule has 0 aliphatic rings. The Morgan fingerprint density at radius 3 is 1.61 bits per heavy atom. The van der Waals surface area contributed by atoms with E-state index in [1.807, 2.05) is 0 Å². The van der Waals surface area contributed by atoms with Crippen LogP contribution in [0.2, 0.25) is 0 Å². The van der Waals surface area contributed by atoms with Crippen LogP contribution in [0.1, 0.15) is 11.1 Å². The van der Waals surface area contributed by atoms with Gasteiger partial charge >= 0.3 is 0 Å². The number of benzene rings is 3. The van der Waals surface area contributed by atoms with Crippen molar-refractivity contribution in [1.82, 2.24) is 4.57 Å². The molecule has 0 aliphatic heterocycles. The minimum absolute atomic E-state index is 1.09. The van der Waals surface area contributed by atoms with E-state index in [0.717, 1.165) is 8.95 Å². The Labute approximate surface area is 152 Å². The van der Waals surface area contributed by atoms with Gasteiger partial charge in [-0.1, -0.05) is 50.1 Å². The number of nitrogens with zero attached hydrogens (tertiary/aromatic N) is 1. The van der Waals surface area contributed by atoms with Crippen LogP contribution >= 0.6 is 31.9 Å². The van der Waals surface area contributed by atoms with Crippen molar-refractivity contribution in [2.75, 3.05) is 0 Å². The summed E-state index contributed by atoms with van der Waals surface area (Å²) in [5, 5.41) is 2.55. The van der Waals surface area contributed by atoms with Crippen LogP contribution in [-0.4, -0.2) is 4.57 Å². The van der Waals surface area contributed by atoms with Crippen LogP contribution in [-0.2, 0) is 0 Å². The minimum atomic E-state index is 1.09. The first-order chi connectivity index (χ1) is 11.0. The van der Waals surface area contributed by atoms with Gasteiger partial charge in [-0.05, 0) is 61.4 Å². The lowest BCUT2D eigenvalue weighted by Crippen LogP contribution is -1.95. The Balaban J connectivity index is 2.21. The SMILES string of the molecule is Cc1cc(C)cc(-n2c3cc(Br)ccc3c3ccc(Br)cc32)c1. The predicted molar refractivity (Wildman–Crippen MR) is 106 cm³/mol. The average molecular weight is 429 g/mol. The fourth-order valence-electron chi connectivity index (χ4n) is 3.32. The Kier molecular flexibility index (Phi) is 3.58. The zero-order valence-corrected chi connectivity index (χ0v) is 16.1. The standard InChI is InChI=1S/C20H15Br2N/c1-12-7-13(2)9-16(8-12)23-19-10-14(21)3-5-17(19)18-6-4-15(22)11-20(18)23/h3-11H,1-2H3. The van der Waals surface area contributed by atoms with E-state index in [1.54, 1.807) is 0 Å². The topological polar surface area (TPSA) is 4.93 Å². The third-order valence-corrected chi connectivity index (χ3v) is 5.14. The fourth-order valence-corrected chi connectivity index (χ4v) is 4.02. The minimum Gasteiger partial charge on any atom is -0.309 e. The summed E-state index contributed by atoms with van der Waals surface area (Å²) in [7, 11) is 0. The van der Waals surface area contributed by atoms with Gasteiger partial charge in [0.1, 0.15) is 0 Å². The lowest BCUT2D eigenvalue weighted by atomic mass is 10.1. The molecule has 0 unspecified atom stereocenters. The maximum Gasteiger partial charge on any atom is 0.0552 e. The predicted octanol–water partition coefficient (Wildman–Crippen LogP) is 6.93. The largest absolute Gasteiger partial charge is 0.309 e. The van der Waals surface area contributed by atoms with Gasteiger partial charge in [-0.25, -0.2) is 0 Å². The molecule has 1 heterocycles. The third kappa shape index (κ3) is 2.52. The second-order valence-electron chi connectivity index (χ2n) is 6.00. The molecule has 3 aromatic carbocycles. The Bertz CT molecular complexity index is 981. The first-order valence-electron chi connectivity index (χ1n) is 7.51. The number of fused-ring (bicyclic) bond motifs is 3. The molecule has 0 bridgehead atoms. The van der Waals surface area contributed by atoms with E-state index in [2.05, 4.69) is 105 Å². The zero-order chi connectivity index (χ0) is 16.1. The van der Waals surface area contributed by atoms with Crippen LogP contribution in [0.5, 0.6) is 0 Å². The van der Waals surface area contributed by atoms with Gasteiger partial charge in [0.25, 0.3) is 0 Å². The molecule has 0 fully saturated rings. The highest BCUT2D eigenvalue weighted by Crippen LogP contribution is 2.35. The molecule has 0 aliphatic carbocycles.